The summed E-state index contributed by atoms with van der Waals surface area (Å²) in [5.74, 6) is -0.470. The van der Waals surface area contributed by atoms with Crippen molar-refractivity contribution in [2.75, 3.05) is 7.05 Å². The molecule has 0 atom stereocenters. The van der Waals surface area contributed by atoms with Crippen molar-refractivity contribution in [1.82, 2.24) is 4.31 Å². The number of rotatable bonds is 4. The quantitative estimate of drug-likeness (QED) is 0.902. The van der Waals surface area contributed by atoms with Gasteiger partial charge in [-0.05, 0) is 31.0 Å². The van der Waals surface area contributed by atoms with Gasteiger partial charge in [-0.2, -0.15) is 4.31 Å². The SMILES string of the molecule is CN(C1CCC1)S(=O)(=O)c1ccc(F)c(CN)c1. The first-order valence-corrected chi connectivity index (χ1v) is 7.37. The zero-order valence-corrected chi connectivity index (χ0v) is 11.1. The van der Waals surface area contributed by atoms with Gasteiger partial charge in [0.25, 0.3) is 0 Å². The molecule has 6 heteroatoms. The largest absolute Gasteiger partial charge is 0.326 e. The van der Waals surface area contributed by atoms with Gasteiger partial charge >= 0.3 is 0 Å². The van der Waals surface area contributed by atoms with Crippen LogP contribution in [0.15, 0.2) is 23.1 Å². The third-order valence-corrected chi connectivity index (χ3v) is 5.41. The van der Waals surface area contributed by atoms with Gasteiger partial charge in [0.2, 0.25) is 10.0 Å². The average molecular weight is 272 g/mol. The Kier molecular flexibility index (Phi) is 3.70. The van der Waals surface area contributed by atoms with E-state index in [-0.39, 0.29) is 23.0 Å². The van der Waals surface area contributed by atoms with Gasteiger partial charge in [0, 0.05) is 25.2 Å². The van der Waals surface area contributed by atoms with Crippen LogP contribution in [0.4, 0.5) is 4.39 Å². The van der Waals surface area contributed by atoms with Crippen molar-refractivity contribution < 1.29 is 12.8 Å². The minimum Gasteiger partial charge on any atom is -0.326 e. The van der Waals surface area contributed by atoms with Crippen molar-refractivity contribution in [3.05, 3.63) is 29.6 Å². The Labute approximate surface area is 107 Å². The third-order valence-electron chi connectivity index (χ3n) is 3.50. The molecule has 0 bridgehead atoms. The number of nitrogens with zero attached hydrogens (tertiary/aromatic N) is 1. The Morgan fingerprint density at radius 3 is 2.61 bits per heavy atom. The van der Waals surface area contributed by atoms with Crippen molar-refractivity contribution >= 4 is 10.0 Å². The molecule has 1 aromatic carbocycles. The summed E-state index contributed by atoms with van der Waals surface area (Å²) >= 11 is 0. The number of benzene rings is 1. The normalized spacial score (nSPS) is 16.9. The van der Waals surface area contributed by atoms with Crippen LogP contribution in [-0.2, 0) is 16.6 Å². The first kappa shape index (κ1) is 13.5. The van der Waals surface area contributed by atoms with Gasteiger partial charge in [-0.25, -0.2) is 12.8 Å². The number of hydrogen-bond acceptors (Lipinski definition) is 3. The lowest BCUT2D eigenvalue weighted by Gasteiger charge is -2.33. The molecule has 0 aliphatic heterocycles. The molecule has 1 saturated carbocycles. The van der Waals surface area contributed by atoms with E-state index in [9.17, 15) is 12.8 Å². The smallest absolute Gasteiger partial charge is 0.243 e. The molecule has 4 nitrogen and oxygen atoms in total. The molecular formula is C12H17FN2O2S. The standard InChI is InChI=1S/C12H17FN2O2S/c1-15(10-3-2-4-10)18(16,17)11-5-6-12(13)9(7-11)8-14/h5-7,10H,2-4,8,14H2,1H3. The molecule has 2 N–H and O–H groups in total. The Hall–Kier alpha value is -0.980. The summed E-state index contributed by atoms with van der Waals surface area (Å²) in [6, 6.07) is 3.84. The summed E-state index contributed by atoms with van der Waals surface area (Å²) in [6.07, 6.45) is 2.84. The average Bonchev–Trinajstić information content (AvgIpc) is 2.27. The molecule has 1 aliphatic carbocycles. The van der Waals surface area contributed by atoms with E-state index in [0.717, 1.165) is 25.3 Å². The molecule has 1 fully saturated rings. The van der Waals surface area contributed by atoms with Gasteiger partial charge in [-0.1, -0.05) is 6.42 Å². The fourth-order valence-corrected chi connectivity index (χ4v) is 3.45. The van der Waals surface area contributed by atoms with Crippen molar-refractivity contribution in [1.29, 1.82) is 0 Å². The minimum absolute atomic E-state index is 0.0116. The van der Waals surface area contributed by atoms with Crippen molar-refractivity contribution in [2.24, 2.45) is 5.73 Å². The third kappa shape index (κ3) is 2.28. The molecule has 1 aliphatic rings. The molecule has 0 heterocycles. The maximum Gasteiger partial charge on any atom is 0.243 e. The lowest BCUT2D eigenvalue weighted by Crippen LogP contribution is -2.41. The number of halogens is 1. The fourth-order valence-electron chi connectivity index (χ4n) is 1.98. The molecule has 1 aromatic rings. The van der Waals surface area contributed by atoms with Gasteiger partial charge in [0.15, 0.2) is 0 Å². The van der Waals surface area contributed by atoms with Gasteiger partial charge in [0.05, 0.1) is 4.90 Å². The predicted molar refractivity (Wildman–Crippen MR) is 66.9 cm³/mol. The summed E-state index contributed by atoms with van der Waals surface area (Å²) < 4.78 is 39.3. The lowest BCUT2D eigenvalue weighted by molar-refractivity contribution is 0.249. The molecule has 0 unspecified atom stereocenters. The fraction of sp³-hybridized carbons (Fsp3) is 0.500. The van der Waals surface area contributed by atoms with E-state index in [1.54, 1.807) is 7.05 Å². The van der Waals surface area contributed by atoms with Crippen LogP contribution in [0.25, 0.3) is 0 Å². The predicted octanol–water partition coefficient (Wildman–Crippen LogP) is 1.46. The Morgan fingerprint density at radius 1 is 1.44 bits per heavy atom. The molecule has 0 aromatic heterocycles. The van der Waals surface area contributed by atoms with E-state index < -0.39 is 15.8 Å². The Balaban J connectivity index is 2.34. The zero-order valence-electron chi connectivity index (χ0n) is 10.3. The molecule has 0 spiro atoms. The van der Waals surface area contributed by atoms with E-state index >= 15 is 0 Å². The summed E-state index contributed by atoms with van der Waals surface area (Å²) in [4.78, 5) is 0.110. The lowest BCUT2D eigenvalue weighted by atomic mass is 9.94. The zero-order chi connectivity index (χ0) is 13.3. The molecule has 0 radical (unpaired) electrons. The first-order valence-electron chi connectivity index (χ1n) is 5.93. The van der Waals surface area contributed by atoms with E-state index in [1.165, 1.54) is 16.4 Å². The summed E-state index contributed by atoms with van der Waals surface area (Å²) in [7, 11) is -1.96. The van der Waals surface area contributed by atoms with Crippen LogP contribution in [0, 0.1) is 5.82 Å². The van der Waals surface area contributed by atoms with Gasteiger partial charge < -0.3 is 5.73 Å². The van der Waals surface area contributed by atoms with Gasteiger partial charge in [-0.15, -0.1) is 0 Å². The highest BCUT2D eigenvalue weighted by atomic mass is 32.2. The van der Waals surface area contributed by atoms with Crippen molar-refractivity contribution in [2.45, 2.75) is 36.7 Å². The summed E-state index contributed by atoms with van der Waals surface area (Å²) in [5.41, 5.74) is 5.61. The van der Waals surface area contributed by atoms with Gasteiger partial charge in [-0.3, -0.25) is 0 Å². The van der Waals surface area contributed by atoms with E-state index in [4.69, 9.17) is 5.73 Å². The second-order valence-electron chi connectivity index (χ2n) is 4.56. The highest BCUT2D eigenvalue weighted by molar-refractivity contribution is 7.89. The van der Waals surface area contributed by atoms with Crippen LogP contribution in [-0.4, -0.2) is 25.8 Å². The molecule has 18 heavy (non-hydrogen) atoms. The molecule has 0 saturated heterocycles. The van der Waals surface area contributed by atoms with Crippen LogP contribution in [0.3, 0.4) is 0 Å². The summed E-state index contributed by atoms with van der Waals surface area (Å²) in [5, 5.41) is 0. The van der Waals surface area contributed by atoms with Crippen LogP contribution in [0.5, 0.6) is 0 Å². The topological polar surface area (TPSA) is 63.4 Å². The number of nitrogens with two attached hydrogens (primary N) is 1. The molecule has 2 rings (SSSR count). The highest BCUT2D eigenvalue weighted by Crippen LogP contribution is 2.28. The first-order chi connectivity index (χ1) is 8.46. The Morgan fingerprint density at radius 2 is 2.11 bits per heavy atom. The highest BCUT2D eigenvalue weighted by Gasteiger charge is 2.31. The maximum atomic E-state index is 13.3. The molecule has 100 valence electrons. The summed E-state index contributed by atoms with van der Waals surface area (Å²) in [6.45, 7) is -0.0116. The number of hydrogen-bond donors (Lipinski definition) is 1. The second kappa shape index (κ2) is 4.95. The van der Waals surface area contributed by atoms with Crippen LogP contribution in [0.2, 0.25) is 0 Å². The number of sulfonamides is 1. The minimum atomic E-state index is -3.54. The van der Waals surface area contributed by atoms with E-state index in [1.807, 2.05) is 0 Å². The molecule has 0 amide bonds. The van der Waals surface area contributed by atoms with Crippen LogP contribution in [0.1, 0.15) is 24.8 Å². The van der Waals surface area contributed by atoms with Crippen molar-refractivity contribution in [3.63, 3.8) is 0 Å². The monoisotopic (exact) mass is 272 g/mol. The van der Waals surface area contributed by atoms with Gasteiger partial charge in [0.1, 0.15) is 5.82 Å². The molecular weight excluding hydrogens is 255 g/mol. The van der Waals surface area contributed by atoms with E-state index in [2.05, 4.69) is 0 Å². The van der Waals surface area contributed by atoms with Crippen LogP contribution < -0.4 is 5.73 Å². The van der Waals surface area contributed by atoms with E-state index in [0.29, 0.717) is 0 Å². The van der Waals surface area contributed by atoms with Crippen molar-refractivity contribution in [3.8, 4) is 0 Å². The Bertz CT molecular complexity index is 541. The van der Waals surface area contributed by atoms with Crippen LogP contribution >= 0.6 is 0 Å². The second-order valence-corrected chi connectivity index (χ2v) is 6.56. The maximum absolute atomic E-state index is 13.3.